The summed E-state index contributed by atoms with van der Waals surface area (Å²) in [6, 6.07) is 2.80. The Morgan fingerprint density at radius 3 is 2.83 bits per heavy atom. The summed E-state index contributed by atoms with van der Waals surface area (Å²) >= 11 is 0. The number of fused-ring (bicyclic) bond motifs is 1. The number of carbonyl (C=O) groups is 1. The van der Waals surface area contributed by atoms with Gasteiger partial charge in [-0.3, -0.25) is 9.40 Å². The van der Waals surface area contributed by atoms with Crippen LogP contribution in [0.5, 0.6) is 0 Å². The van der Waals surface area contributed by atoms with Crippen molar-refractivity contribution in [2.24, 2.45) is 0 Å². The lowest BCUT2D eigenvalue weighted by molar-refractivity contribution is 0.0696. The van der Waals surface area contributed by atoms with Crippen molar-refractivity contribution in [1.82, 2.24) is 9.78 Å². The second kappa shape index (κ2) is 5.69. The van der Waals surface area contributed by atoms with E-state index >= 15 is 0 Å². The van der Waals surface area contributed by atoms with Crippen LogP contribution in [0.1, 0.15) is 34.8 Å². The van der Waals surface area contributed by atoms with Crippen molar-refractivity contribution in [3.05, 3.63) is 41.2 Å². The molecule has 0 fully saturated rings. The van der Waals surface area contributed by atoms with Crippen molar-refractivity contribution in [3.8, 4) is 0 Å². The summed E-state index contributed by atoms with van der Waals surface area (Å²) in [6.07, 6.45) is 5.20. The number of hydrogen-bond donors (Lipinski definition) is 2. The SMILES string of the molecule is CCn1cc(NS(=O)(=O)c2cc(C(=O)O)cc3c2CCC3)cn1. The molecule has 0 atom stereocenters. The fraction of sp³-hybridized carbons (Fsp3) is 0.333. The van der Waals surface area contributed by atoms with E-state index in [9.17, 15) is 18.3 Å². The van der Waals surface area contributed by atoms with Crippen LogP contribution in [-0.2, 0) is 29.4 Å². The first kappa shape index (κ1) is 15.5. The molecule has 0 radical (unpaired) electrons. The molecule has 1 aromatic heterocycles. The molecule has 0 aliphatic heterocycles. The number of aromatic carboxylic acids is 1. The summed E-state index contributed by atoms with van der Waals surface area (Å²) in [5.41, 5.74) is 1.87. The minimum absolute atomic E-state index is 0.00437. The number of rotatable bonds is 5. The van der Waals surface area contributed by atoms with E-state index in [1.807, 2.05) is 6.92 Å². The van der Waals surface area contributed by atoms with Crippen molar-refractivity contribution < 1.29 is 18.3 Å². The van der Waals surface area contributed by atoms with E-state index in [2.05, 4.69) is 9.82 Å². The summed E-state index contributed by atoms with van der Waals surface area (Å²) in [5.74, 6) is -1.13. The molecule has 122 valence electrons. The van der Waals surface area contributed by atoms with Gasteiger partial charge in [0.05, 0.1) is 22.3 Å². The van der Waals surface area contributed by atoms with Crippen LogP contribution in [0.15, 0.2) is 29.4 Å². The molecule has 1 heterocycles. The minimum Gasteiger partial charge on any atom is -0.478 e. The number of hydrogen-bond acceptors (Lipinski definition) is 4. The Morgan fingerprint density at radius 2 is 2.17 bits per heavy atom. The number of aryl methyl sites for hydroxylation is 2. The van der Waals surface area contributed by atoms with Crippen LogP contribution in [0.3, 0.4) is 0 Å². The van der Waals surface area contributed by atoms with Gasteiger partial charge in [-0.2, -0.15) is 5.10 Å². The molecule has 1 aromatic carbocycles. The summed E-state index contributed by atoms with van der Waals surface area (Å²) < 4.78 is 29.5. The molecule has 3 rings (SSSR count). The third kappa shape index (κ3) is 2.94. The van der Waals surface area contributed by atoms with Gasteiger partial charge in [-0.15, -0.1) is 0 Å². The van der Waals surface area contributed by atoms with Gasteiger partial charge in [-0.25, -0.2) is 13.2 Å². The van der Waals surface area contributed by atoms with Gasteiger partial charge in [-0.05, 0) is 49.4 Å². The second-order valence-electron chi connectivity index (χ2n) is 5.46. The molecule has 0 bridgehead atoms. The van der Waals surface area contributed by atoms with Gasteiger partial charge < -0.3 is 5.11 Å². The molecule has 1 aliphatic rings. The highest BCUT2D eigenvalue weighted by atomic mass is 32.2. The van der Waals surface area contributed by atoms with Crippen molar-refractivity contribution in [3.63, 3.8) is 0 Å². The van der Waals surface area contributed by atoms with Crippen LogP contribution in [0.4, 0.5) is 5.69 Å². The number of nitrogens with one attached hydrogen (secondary N) is 1. The predicted molar refractivity (Wildman–Crippen MR) is 84.1 cm³/mol. The van der Waals surface area contributed by atoms with Gasteiger partial charge in [0, 0.05) is 12.7 Å². The quantitative estimate of drug-likeness (QED) is 0.869. The Hall–Kier alpha value is -2.35. The zero-order chi connectivity index (χ0) is 16.6. The lowest BCUT2D eigenvalue weighted by atomic mass is 10.1. The predicted octanol–water partition coefficient (Wildman–Crippen LogP) is 1.89. The highest BCUT2D eigenvalue weighted by molar-refractivity contribution is 7.92. The molecule has 2 N–H and O–H groups in total. The van der Waals surface area contributed by atoms with E-state index in [1.165, 1.54) is 12.3 Å². The maximum atomic E-state index is 12.7. The normalized spacial score (nSPS) is 13.8. The Kier molecular flexibility index (Phi) is 3.85. The lowest BCUT2D eigenvalue weighted by Gasteiger charge is -2.12. The van der Waals surface area contributed by atoms with Crippen LogP contribution in [0, 0.1) is 0 Å². The molecular formula is C15H17N3O4S. The number of aromatic nitrogens is 2. The first-order valence-corrected chi connectivity index (χ1v) is 8.83. The molecule has 0 saturated heterocycles. The van der Waals surface area contributed by atoms with Gasteiger partial charge in [0.1, 0.15) is 0 Å². The summed E-state index contributed by atoms with van der Waals surface area (Å²) in [4.78, 5) is 11.3. The van der Waals surface area contributed by atoms with E-state index in [-0.39, 0.29) is 10.5 Å². The number of nitrogens with zero attached hydrogens (tertiary/aromatic N) is 2. The molecule has 1 aliphatic carbocycles. The summed E-state index contributed by atoms with van der Waals surface area (Å²) in [7, 11) is -3.86. The smallest absolute Gasteiger partial charge is 0.335 e. The lowest BCUT2D eigenvalue weighted by Crippen LogP contribution is -2.16. The Balaban J connectivity index is 2.03. The standard InChI is InChI=1S/C15H17N3O4S/c1-2-18-9-12(8-16-18)17-23(21,22)14-7-11(15(19)20)6-10-4-3-5-13(10)14/h6-9,17H,2-5H2,1H3,(H,19,20). The highest BCUT2D eigenvalue weighted by Gasteiger charge is 2.26. The number of sulfonamides is 1. The average molecular weight is 335 g/mol. The summed E-state index contributed by atoms with van der Waals surface area (Å²) in [6.45, 7) is 2.53. The minimum atomic E-state index is -3.86. The first-order chi connectivity index (χ1) is 10.9. The Labute approximate surface area is 134 Å². The number of carboxylic acid groups (broad SMARTS) is 1. The van der Waals surface area contributed by atoms with Crippen LogP contribution in [-0.4, -0.2) is 29.3 Å². The van der Waals surface area contributed by atoms with Crippen LogP contribution in [0.2, 0.25) is 0 Å². The highest BCUT2D eigenvalue weighted by Crippen LogP contribution is 2.31. The number of carboxylic acids is 1. The first-order valence-electron chi connectivity index (χ1n) is 7.35. The molecule has 0 unspecified atom stereocenters. The van der Waals surface area contributed by atoms with E-state index in [0.29, 0.717) is 30.6 Å². The molecule has 8 heteroatoms. The van der Waals surface area contributed by atoms with Gasteiger partial charge >= 0.3 is 5.97 Å². The zero-order valence-corrected chi connectivity index (χ0v) is 13.4. The Bertz CT molecular complexity index is 871. The fourth-order valence-corrected chi connectivity index (χ4v) is 4.19. The Morgan fingerprint density at radius 1 is 1.39 bits per heavy atom. The largest absolute Gasteiger partial charge is 0.478 e. The van der Waals surface area contributed by atoms with E-state index in [1.54, 1.807) is 16.9 Å². The molecule has 0 amide bonds. The molecule has 0 saturated carbocycles. The van der Waals surface area contributed by atoms with Gasteiger partial charge in [-0.1, -0.05) is 0 Å². The number of benzene rings is 1. The van der Waals surface area contributed by atoms with Crippen LogP contribution >= 0.6 is 0 Å². The summed E-state index contributed by atoms with van der Waals surface area (Å²) in [5, 5.41) is 13.2. The second-order valence-corrected chi connectivity index (χ2v) is 7.11. The maximum Gasteiger partial charge on any atom is 0.335 e. The molecular weight excluding hydrogens is 318 g/mol. The van der Waals surface area contributed by atoms with Crippen molar-refractivity contribution in [2.45, 2.75) is 37.6 Å². The average Bonchev–Trinajstić information content (AvgIpc) is 3.13. The van der Waals surface area contributed by atoms with Crippen LogP contribution in [0.25, 0.3) is 0 Å². The van der Waals surface area contributed by atoms with Crippen molar-refractivity contribution in [1.29, 1.82) is 0 Å². The van der Waals surface area contributed by atoms with E-state index in [0.717, 1.165) is 12.0 Å². The monoisotopic (exact) mass is 335 g/mol. The molecule has 7 nitrogen and oxygen atoms in total. The topological polar surface area (TPSA) is 101 Å². The van der Waals surface area contributed by atoms with Gasteiger partial charge in [0.15, 0.2) is 0 Å². The molecule has 2 aromatic rings. The molecule has 0 spiro atoms. The van der Waals surface area contributed by atoms with Crippen molar-refractivity contribution >= 4 is 21.7 Å². The maximum absolute atomic E-state index is 12.7. The zero-order valence-electron chi connectivity index (χ0n) is 12.6. The van der Waals surface area contributed by atoms with Gasteiger partial charge in [0.2, 0.25) is 0 Å². The fourth-order valence-electron chi connectivity index (χ4n) is 2.83. The third-order valence-electron chi connectivity index (χ3n) is 3.92. The van der Waals surface area contributed by atoms with Crippen LogP contribution < -0.4 is 4.72 Å². The number of anilines is 1. The van der Waals surface area contributed by atoms with E-state index < -0.39 is 16.0 Å². The van der Waals surface area contributed by atoms with Crippen molar-refractivity contribution in [2.75, 3.05) is 4.72 Å². The van der Waals surface area contributed by atoms with E-state index in [4.69, 9.17) is 0 Å². The van der Waals surface area contributed by atoms with Gasteiger partial charge in [0.25, 0.3) is 10.0 Å². The third-order valence-corrected chi connectivity index (χ3v) is 5.37. The molecule has 23 heavy (non-hydrogen) atoms.